The minimum Gasteiger partial charge on any atom is -0.505 e. The summed E-state index contributed by atoms with van der Waals surface area (Å²) in [7, 11) is -11.8. The molecule has 0 aromatic heterocycles. The number of aromatic hydroxyl groups is 1. The molecule has 0 amide bonds. The molecule has 0 spiro atoms. The number of anilines is 2. The van der Waals surface area contributed by atoms with Crippen LogP contribution in [-0.4, -0.2) is 58.2 Å². The molecule has 5 N–H and O–H groups in total. The Morgan fingerprint density at radius 3 is 1.41 bits per heavy atom. The lowest BCUT2D eigenvalue weighted by Gasteiger charge is -2.12. The van der Waals surface area contributed by atoms with Gasteiger partial charge in [0.05, 0.1) is 42.7 Å². The summed E-state index contributed by atoms with van der Waals surface area (Å²) < 4.78 is 115. The summed E-state index contributed by atoms with van der Waals surface area (Å²) in [5, 5.41) is 49.2. The molecular formula is C50H43N9O12S3. The summed E-state index contributed by atoms with van der Waals surface area (Å²) >= 11 is 0. The van der Waals surface area contributed by atoms with Crippen molar-refractivity contribution in [2.45, 2.75) is 42.4 Å². The average Bonchev–Trinajstić information content (AvgIpc) is 3.34. The lowest BCUT2D eigenvalue weighted by Crippen LogP contribution is -2.03. The first kappa shape index (κ1) is 51.9. The fourth-order valence-electron chi connectivity index (χ4n) is 7.67. The Labute approximate surface area is 424 Å². The van der Waals surface area contributed by atoms with E-state index in [0.717, 1.165) is 17.8 Å². The smallest absolute Gasteiger partial charge is 0.296 e. The van der Waals surface area contributed by atoms with Gasteiger partial charge in [0.25, 0.3) is 30.4 Å². The molecule has 0 heterocycles. The predicted octanol–water partition coefficient (Wildman–Crippen LogP) is 14.1. The SMILES string of the molecule is COc1cc(N=Nc2c(S(=O)(=O)O)cc3cc(Nc4ccccc4)ccc3c2O)c(OC)cc1N=Nc1cc(C)c(N=Nc2cc(C)c(N=Nc3cc(S(=O)(=O)O)c4cccc(S(=O)(=O)O)c4c3)cc2C)cc1C. The number of benzene rings is 8. The number of rotatable bonds is 15. The third-order valence-electron chi connectivity index (χ3n) is 11.4. The highest BCUT2D eigenvalue weighted by atomic mass is 32.2. The number of aryl methyl sites for hydroxylation is 4. The molecule has 0 aliphatic carbocycles. The minimum absolute atomic E-state index is 0.0646. The summed E-state index contributed by atoms with van der Waals surface area (Å²) in [5.41, 5.74) is 5.61. The van der Waals surface area contributed by atoms with Crippen LogP contribution in [0.4, 0.5) is 56.9 Å². The standard InChI is InChI=1S/C50H43N9O12S3/c1-27-18-39(28(2)17-38(27)53-52-34-23-37-36(47(24-34)73(64,65)66)13-10-14-46(37)72(61,62)63)54-55-40-19-30(4)41(20-29(40)3)56-57-42-25-45(71-6)43(26-44(42)70-5)58-59-49-48(74(67,68)69)22-31-21-33(15-16-35(31)50(49)60)51-32-11-8-7-9-12-32/h7-26,51,60H,1-6H3,(H,61,62,63)(H,64,65,66)(H,67,68,69). The summed E-state index contributed by atoms with van der Waals surface area (Å²) in [6, 6.07) is 31.1. The van der Waals surface area contributed by atoms with E-state index in [1.165, 1.54) is 50.6 Å². The first-order valence-electron chi connectivity index (χ1n) is 21.8. The molecule has 21 nitrogen and oxygen atoms in total. The molecule has 0 saturated heterocycles. The number of azo groups is 4. The number of methoxy groups -OCH3 is 2. The number of nitrogens with zero attached hydrogens (tertiary/aromatic N) is 8. The lowest BCUT2D eigenvalue weighted by atomic mass is 10.1. The molecule has 0 fully saturated rings. The largest absolute Gasteiger partial charge is 0.505 e. The number of phenolic OH excluding ortho intramolecular Hbond substituents is 1. The van der Waals surface area contributed by atoms with Crippen molar-refractivity contribution in [1.82, 2.24) is 0 Å². The van der Waals surface area contributed by atoms with E-state index in [4.69, 9.17) is 9.47 Å². The van der Waals surface area contributed by atoms with Crippen molar-refractivity contribution in [1.29, 1.82) is 0 Å². The van der Waals surface area contributed by atoms with Gasteiger partial charge < -0.3 is 19.9 Å². The number of hydrogen-bond donors (Lipinski definition) is 5. The van der Waals surface area contributed by atoms with Crippen molar-refractivity contribution in [3.05, 3.63) is 144 Å². The average molecular weight is 1060 g/mol. The van der Waals surface area contributed by atoms with Gasteiger partial charge >= 0.3 is 0 Å². The van der Waals surface area contributed by atoms with Gasteiger partial charge in [0, 0.05) is 39.7 Å². The van der Waals surface area contributed by atoms with E-state index in [-0.39, 0.29) is 44.7 Å². The number of phenols is 1. The summed E-state index contributed by atoms with van der Waals surface area (Å²) in [4.78, 5) is -1.87. The second-order valence-electron chi connectivity index (χ2n) is 16.6. The van der Waals surface area contributed by atoms with Crippen molar-refractivity contribution in [2.24, 2.45) is 40.9 Å². The van der Waals surface area contributed by atoms with Crippen LogP contribution in [0.5, 0.6) is 17.2 Å². The summed E-state index contributed by atoms with van der Waals surface area (Å²) in [5.74, 6) is -0.215. The van der Waals surface area contributed by atoms with Gasteiger partial charge in [-0.2, -0.15) is 50.8 Å². The maximum absolute atomic E-state index is 12.6. The van der Waals surface area contributed by atoms with Crippen molar-refractivity contribution in [2.75, 3.05) is 19.5 Å². The monoisotopic (exact) mass is 1060 g/mol. The summed E-state index contributed by atoms with van der Waals surface area (Å²) in [6.45, 7) is 7.14. The van der Waals surface area contributed by atoms with Gasteiger partial charge in [0.15, 0.2) is 5.75 Å². The van der Waals surface area contributed by atoms with Crippen LogP contribution in [0.1, 0.15) is 22.3 Å². The Morgan fingerprint density at radius 2 is 0.905 bits per heavy atom. The van der Waals surface area contributed by atoms with Crippen LogP contribution in [0.3, 0.4) is 0 Å². The van der Waals surface area contributed by atoms with Crippen LogP contribution < -0.4 is 14.8 Å². The maximum Gasteiger partial charge on any atom is 0.296 e. The van der Waals surface area contributed by atoms with E-state index < -0.39 is 56.5 Å². The fraction of sp³-hybridized carbons (Fsp3) is 0.120. The van der Waals surface area contributed by atoms with Crippen LogP contribution in [0.25, 0.3) is 21.5 Å². The molecule has 74 heavy (non-hydrogen) atoms. The number of para-hydroxylation sites is 1. The van der Waals surface area contributed by atoms with Gasteiger partial charge in [0.1, 0.15) is 43.2 Å². The van der Waals surface area contributed by atoms with E-state index in [0.29, 0.717) is 56.1 Å². The zero-order valence-corrected chi connectivity index (χ0v) is 42.4. The molecule has 0 unspecified atom stereocenters. The number of nitrogens with one attached hydrogen (secondary N) is 1. The van der Waals surface area contributed by atoms with E-state index >= 15 is 0 Å². The highest BCUT2D eigenvalue weighted by molar-refractivity contribution is 7.86. The van der Waals surface area contributed by atoms with Gasteiger partial charge in [0.2, 0.25) is 0 Å². The second-order valence-corrected chi connectivity index (χ2v) is 20.7. The molecule has 378 valence electrons. The molecule has 8 aromatic carbocycles. The Bertz CT molecular complexity index is 4060. The van der Waals surface area contributed by atoms with Gasteiger partial charge in [-0.05, 0) is 134 Å². The molecular weight excluding hydrogens is 1010 g/mol. The lowest BCUT2D eigenvalue weighted by molar-refractivity contribution is 0.405. The van der Waals surface area contributed by atoms with Gasteiger partial charge in [-0.15, -0.1) is 15.3 Å². The van der Waals surface area contributed by atoms with Crippen molar-refractivity contribution >= 4 is 109 Å². The maximum atomic E-state index is 12.6. The molecule has 8 rings (SSSR count). The molecule has 24 heteroatoms. The van der Waals surface area contributed by atoms with Crippen molar-refractivity contribution in [3.63, 3.8) is 0 Å². The third kappa shape index (κ3) is 11.3. The Morgan fingerprint density at radius 1 is 0.419 bits per heavy atom. The zero-order chi connectivity index (χ0) is 53.3. The quantitative estimate of drug-likeness (QED) is 0.0472. The van der Waals surface area contributed by atoms with E-state index in [1.807, 2.05) is 44.2 Å². The molecule has 0 bridgehead atoms. The van der Waals surface area contributed by atoms with Crippen LogP contribution in [0.15, 0.2) is 177 Å². The first-order chi connectivity index (χ1) is 35.0. The molecule has 0 aliphatic heterocycles. The molecule has 8 aromatic rings. The van der Waals surface area contributed by atoms with Gasteiger partial charge in [-0.3, -0.25) is 13.7 Å². The first-order valence-corrected chi connectivity index (χ1v) is 26.1. The predicted molar refractivity (Wildman–Crippen MR) is 277 cm³/mol. The topological polar surface area (TPSA) is 313 Å². The van der Waals surface area contributed by atoms with Crippen molar-refractivity contribution < 1.29 is 53.5 Å². The molecule has 0 aliphatic rings. The zero-order valence-electron chi connectivity index (χ0n) is 39.9. The van der Waals surface area contributed by atoms with Crippen LogP contribution in [-0.2, 0) is 30.4 Å². The van der Waals surface area contributed by atoms with Crippen molar-refractivity contribution in [3.8, 4) is 17.2 Å². The van der Waals surface area contributed by atoms with E-state index in [9.17, 15) is 44.0 Å². The van der Waals surface area contributed by atoms with Gasteiger partial charge in [-0.25, -0.2) is 0 Å². The minimum atomic E-state index is -4.91. The Kier molecular flexibility index (Phi) is 14.5. The van der Waals surface area contributed by atoms with E-state index in [2.05, 4.69) is 46.2 Å². The molecule has 0 saturated carbocycles. The third-order valence-corrected chi connectivity index (χ3v) is 14.1. The van der Waals surface area contributed by atoms with Crippen LogP contribution in [0, 0.1) is 27.7 Å². The molecule has 0 radical (unpaired) electrons. The Hall–Kier alpha value is -8.39. The highest BCUT2D eigenvalue weighted by Gasteiger charge is 2.24. The number of fused-ring (bicyclic) bond motifs is 2. The second kappa shape index (κ2) is 20.6. The normalized spacial score (nSPS) is 12.6. The van der Waals surface area contributed by atoms with Crippen LogP contribution >= 0.6 is 0 Å². The summed E-state index contributed by atoms with van der Waals surface area (Å²) in [6.07, 6.45) is 0. The highest BCUT2D eigenvalue weighted by Crippen LogP contribution is 2.46. The number of hydrogen-bond acceptors (Lipinski definition) is 18. The van der Waals surface area contributed by atoms with E-state index in [1.54, 1.807) is 56.3 Å². The molecule has 0 atom stereocenters. The Balaban J connectivity index is 1.02. The fourth-order valence-corrected chi connectivity index (χ4v) is 9.75. The number of ether oxygens (including phenoxy) is 2. The van der Waals surface area contributed by atoms with Gasteiger partial charge in [-0.1, -0.05) is 30.3 Å². The van der Waals surface area contributed by atoms with Crippen LogP contribution in [0.2, 0.25) is 0 Å².